The minimum absolute atomic E-state index is 0.101. The normalized spacial score (nSPS) is 10.0. The fourth-order valence-corrected chi connectivity index (χ4v) is 1.91. The van der Waals surface area contributed by atoms with E-state index in [1.807, 2.05) is 0 Å². The number of hydroxylamine groups is 1. The van der Waals surface area contributed by atoms with Crippen molar-refractivity contribution in [2.75, 3.05) is 7.11 Å². The van der Waals surface area contributed by atoms with Gasteiger partial charge in [0.1, 0.15) is 12.4 Å². The van der Waals surface area contributed by atoms with Crippen LogP contribution in [0.2, 0.25) is 0 Å². The maximum absolute atomic E-state index is 11.3. The number of hydrogen-bond acceptors (Lipinski definition) is 5. The van der Waals surface area contributed by atoms with Gasteiger partial charge in [-0.3, -0.25) is 10.0 Å². The van der Waals surface area contributed by atoms with Crippen molar-refractivity contribution in [2.24, 2.45) is 0 Å². The molecule has 2 aromatic carbocycles. The summed E-state index contributed by atoms with van der Waals surface area (Å²) in [5.74, 6) is 0.187. The van der Waals surface area contributed by atoms with Gasteiger partial charge >= 0.3 is 5.69 Å². The summed E-state index contributed by atoms with van der Waals surface area (Å²) < 4.78 is 5.63. The topological polar surface area (TPSA) is 87.9 Å². The number of carbonyl (C=O) groups excluding carboxylic acids is 1. The summed E-state index contributed by atoms with van der Waals surface area (Å²) in [6.07, 6.45) is 0.101. The molecule has 0 radical (unpaired) electrons. The zero-order valence-corrected chi connectivity index (χ0v) is 12.6. The summed E-state index contributed by atoms with van der Waals surface area (Å²) in [6, 6.07) is 13.8. The van der Waals surface area contributed by atoms with Crippen molar-refractivity contribution in [3.05, 3.63) is 64.6 Å². The highest BCUT2D eigenvalue weighted by Crippen LogP contribution is 2.17. The Labute approximate surface area is 132 Å². The van der Waals surface area contributed by atoms with Gasteiger partial charge in [-0.05, 0) is 35.4 Å². The molecular formula is C16H17N2O5+. The Morgan fingerprint density at radius 2 is 1.70 bits per heavy atom. The third-order valence-electron chi connectivity index (χ3n) is 3.13. The summed E-state index contributed by atoms with van der Waals surface area (Å²) in [4.78, 5) is 27.3. The number of nitrogens with one attached hydrogen (secondary N) is 1. The molecule has 2 rings (SSSR count). The predicted molar refractivity (Wildman–Crippen MR) is 81.1 cm³/mol. The van der Waals surface area contributed by atoms with Crippen LogP contribution >= 0.6 is 0 Å². The Balaban J connectivity index is 1.90. The van der Waals surface area contributed by atoms with E-state index < -0.39 is 5.91 Å². The first-order valence-electron chi connectivity index (χ1n) is 6.87. The van der Waals surface area contributed by atoms with Gasteiger partial charge in [-0.25, -0.2) is 10.3 Å². The number of benzene rings is 2. The quantitative estimate of drug-likeness (QED) is 0.604. The van der Waals surface area contributed by atoms with Crippen molar-refractivity contribution in [3.63, 3.8) is 0 Å². The van der Waals surface area contributed by atoms with Crippen molar-refractivity contribution in [3.8, 4) is 5.75 Å². The van der Waals surface area contributed by atoms with E-state index in [-0.39, 0.29) is 6.42 Å². The molecule has 0 spiro atoms. The number of carbonyl (C=O) groups is 1. The molecule has 0 bridgehead atoms. The molecule has 7 nitrogen and oxygen atoms in total. The highest BCUT2D eigenvalue weighted by Gasteiger charge is 2.12. The third kappa shape index (κ3) is 4.79. The molecule has 2 aromatic rings. The number of ether oxygens (including phenoxy) is 1. The van der Waals surface area contributed by atoms with Crippen LogP contribution in [0.1, 0.15) is 11.1 Å². The Bertz CT molecular complexity index is 668. The molecular weight excluding hydrogens is 300 g/mol. The molecule has 0 atom stereocenters. The first-order valence-corrected chi connectivity index (χ1v) is 6.87. The first-order chi connectivity index (χ1) is 11.1. The Kier molecular flexibility index (Phi) is 5.65. The van der Waals surface area contributed by atoms with Crippen LogP contribution in [0.5, 0.6) is 5.75 Å². The van der Waals surface area contributed by atoms with Crippen LogP contribution in [0.15, 0.2) is 48.5 Å². The molecule has 1 amide bonds. The van der Waals surface area contributed by atoms with Crippen LogP contribution in [0.25, 0.3) is 0 Å². The molecule has 0 saturated heterocycles. The van der Waals surface area contributed by atoms with Gasteiger partial charge in [0, 0.05) is 12.1 Å². The van der Waals surface area contributed by atoms with E-state index in [4.69, 9.17) is 9.94 Å². The van der Waals surface area contributed by atoms with Gasteiger partial charge in [-0.1, -0.05) is 12.1 Å². The standard InChI is InChI=1S/C16H16N2O5/c1-22-18(21)14-6-2-13(3-7-14)11-23-15-8-4-12(5-9-15)10-16(19)17-20/h2-9H,10-11H2,1H3,(H-,17,19,20)/p+1. The van der Waals surface area contributed by atoms with E-state index >= 15 is 0 Å². The van der Waals surface area contributed by atoms with E-state index in [1.54, 1.807) is 54.0 Å². The van der Waals surface area contributed by atoms with E-state index in [1.165, 1.54) is 7.11 Å². The lowest BCUT2D eigenvalue weighted by molar-refractivity contribution is -0.736. The summed E-state index contributed by atoms with van der Waals surface area (Å²) in [5.41, 5.74) is 3.66. The highest BCUT2D eigenvalue weighted by atomic mass is 16.8. The molecule has 0 aliphatic rings. The van der Waals surface area contributed by atoms with Gasteiger partial charge in [-0.15, -0.1) is 0 Å². The molecule has 0 heterocycles. The molecule has 23 heavy (non-hydrogen) atoms. The summed E-state index contributed by atoms with van der Waals surface area (Å²) in [6.45, 7) is 0.350. The van der Waals surface area contributed by atoms with Crippen molar-refractivity contribution >= 4 is 11.6 Å². The van der Waals surface area contributed by atoms with E-state index in [9.17, 15) is 9.70 Å². The molecule has 0 saturated carbocycles. The Morgan fingerprint density at radius 1 is 1.09 bits per heavy atom. The van der Waals surface area contributed by atoms with Gasteiger partial charge in [0.05, 0.1) is 11.3 Å². The summed E-state index contributed by atoms with van der Waals surface area (Å²) >= 11 is 0. The second kappa shape index (κ2) is 7.90. The fraction of sp³-hybridized carbons (Fsp3) is 0.188. The van der Waals surface area contributed by atoms with E-state index in [0.29, 0.717) is 23.0 Å². The zero-order valence-electron chi connectivity index (χ0n) is 12.6. The Morgan fingerprint density at radius 3 is 2.26 bits per heavy atom. The lowest BCUT2D eigenvalue weighted by Crippen LogP contribution is -2.20. The second-order valence-corrected chi connectivity index (χ2v) is 4.75. The maximum atomic E-state index is 11.3. The summed E-state index contributed by atoms with van der Waals surface area (Å²) in [7, 11) is 1.30. The van der Waals surface area contributed by atoms with Crippen LogP contribution in [0.3, 0.4) is 0 Å². The van der Waals surface area contributed by atoms with E-state index in [0.717, 1.165) is 11.1 Å². The molecule has 2 N–H and O–H groups in total. The van der Waals surface area contributed by atoms with Gasteiger partial charge in [-0.2, -0.15) is 0 Å². The smallest absolute Gasteiger partial charge is 0.316 e. The van der Waals surface area contributed by atoms with Crippen LogP contribution < -0.4 is 10.2 Å². The number of nitrogens with zero attached hydrogens (tertiary/aromatic N) is 1. The molecule has 120 valence electrons. The van der Waals surface area contributed by atoms with Crippen LogP contribution in [-0.2, 0) is 22.7 Å². The largest absolute Gasteiger partial charge is 0.489 e. The highest BCUT2D eigenvalue weighted by molar-refractivity contribution is 5.77. The zero-order chi connectivity index (χ0) is 16.7. The van der Waals surface area contributed by atoms with Crippen molar-refractivity contribution < 1.29 is 24.5 Å². The molecule has 7 heteroatoms. The number of amides is 1. The van der Waals surface area contributed by atoms with Gasteiger partial charge in [0.25, 0.3) is 4.92 Å². The van der Waals surface area contributed by atoms with Gasteiger partial charge in [0.2, 0.25) is 5.91 Å². The molecule has 0 fully saturated rings. The van der Waals surface area contributed by atoms with Crippen molar-refractivity contribution in [2.45, 2.75) is 13.0 Å². The Hall–Kier alpha value is -2.93. The van der Waals surface area contributed by atoms with Crippen LogP contribution in [0, 0.1) is 4.91 Å². The second-order valence-electron chi connectivity index (χ2n) is 4.75. The molecule has 0 aromatic heterocycles. The van der Waals surface area contributed by atoms with Crippen LogP contribution in [-0.4, -0.2) is 23.1 Å². The lowest BCUT2D eigenvalue weighted by atomic mass is 10.1. The van der Waals surface area contributed by atoms with Gasteiger partial charge < -0.3 is 4.74 Å². The lowest BCUT2D eigenvalue weighted by Gasteiger charge is -2.07. The molecule has 0 aliphatic heterocycles. The SMILES string of the molecule is CO[N+](=O)c1ccc(COc2ccc(CC(=O)NO)cc2)cc1. The summed E-state index contributed by atoms with van der Waals surface area (Å²) in [5, 5.41) is 8.48. The predicted octanol–water partition coefficient (Wildman–Crippen LogP) is 2.29. The first kappa shape index (κ1) is 16.4. The average molecular weight is 317 g/mol. The van der Waals surface area contributed by atoms with E-state index in [2.05, 4.69) is 4.84 Å². The van der Waals surface area contributed by atoms with Crippen molar-refractivity contribution in [1.82, 2.24) is 5.48 Å². The molecule has 0 unspecified atom stereocenters. The van der Waals surface area contributed by atoms with Crippen molar-refractivity contribution in [1.29, 1.82) is 0 Å². The minimum atomic E-state index is -0.470. The number of hydrogen-bond donors (Lipinski definition) is 2. The minimum Gasteiger partial charge on any atom is -0.489 e. The van der Waals surface area contributed by atoms with Crippen LogP contribution in [0.4, 0.5) is 5.69 Å². The average Bonchev–Trinajstić information content (AvgIpc) is 2.60. The number of rotatable bonds is 7. The molecule has 0 aliphatic carbocycles. The monoisotopic (exact) mass is 317 g/mol. The fourth-order valence-electron chi connectivity index (χ4n) is 1.91. The van der Waals surface area contributed by atoms with Gasteiger partial charge in [0.15, 0.2) is 7.11 Å². The maximum Gasteiger partial charge on any atom is 0.316 e. The third-order valence-corrected chi connectivity index (χ3v) is 3.13.